The van der Waals surface area contributed by atoms with Gasteiger partial charge in [-0.05, 0) is 26.8 Å². The van der Waals surface area contributed by atoms with Crippen LogP contribution in [0, 0.1) is 6.92 Å². The molecule has 2 heterocycles. The maximum absolute atomic E-state index is 5.87. The van der Waals surface area contributed by atoms with Gasteiger partial charge in [0.1, 0.15) is 11.6 Å². The van der Waals surface area contributed by atoms with Crippen molar-refractivity contribution in [3.05, 3.63) is 24.2 Å². The van der Waals surface area contributed by atoms with Crippen LogP contribution in [0.15, 0.2) is 22.8 Å². The number of hydrogen-bond acceptors (Lipinski definition) is 3. The van der Waals surface area contributed by atoms with Crippen molar-refractivity contribution < 1.29 is 4.42 Å². The Kier molecular flexibility index (Phi) is 2.26. The first-order valence-corrected chi connectivity index (χ1v) is 4.99. The van der Waals surface area contributed by atoms with Crippen molar-refractivity contribution in [1.29, 1.82) is 0 Å². The van der Waals surface area contributed by atoms with Gasteiger partial charge in [-0.2, -0.15) is 5.10 Å². The highest BCUT2D eigenvalue weighted by Crippen LogP contribution is 2.25. The molecule has 0 aliphatic rings. The van der Waals surface area contributed by atoms with Crippen LogP contribution in [-0.4, -0.2) is 9.78 Å². The molecule has 15 heavy (non-hydrogen) atoms. The molecule has 80 valence electrons. The first-order valence-electron chi connectivity index (χ1n) is 4.99. The van der Waals surface area contributed by atoms with Gasteiger partial charge in [0.25, 0.3) is 0 Å². The number of aromatic nitrogens is 2. The molecule has 0 saturated heterocycles. The van der Waals surface area contributed by atoms with Crippen LogP contribution in [0.4, 0.5) is 5.82 Å². The first-order chi connectivity index (χ1) is 7.09. The minimum absolute atomic E-state index is 0.269. The molecule has 0 bridgehead atoms. The van der Waals surface area contributed by atoms with Gasteiger partial charge in [-0.15, -0.1) is 0 Å². The molecule has 0 aliphatic heterocycles. The molecule has 4 nitrogen and oxygen atoms in total. The van der Waals surface area contributed by atoms with E-state index in [1.165, 1.54) is 0 Å². The van der Waals surface area contributed by atoms with Crippen LogP contribution in [0.1, 0.15) is 25.6 Å². The number of rotatable bonds is 2. The van der Waals surface area contributed by atoms with E-state index in [9.17, 15) is 0 Å². The molecule has 4 heteroatoms. The molecule has 0 fully saturated rings. The molecule has 0 spiro atoms. The van der Waals surface area contributed by atoms with Crippen LogP contribution in [0.3, 0.4) is 0 Å². The minimum atomic E-state index is 0.269. The molecule has 2 aromatic heterocycles. The molecule has 0 aliphatic carbocycles. The lowest BCUT2D eigenvalue weighted by Gasteiger charge is -2.06. The van der Waals surface area contributed by atoms with Crippen LogP contribution in [0.5, 0.6) is 0 Å². The van der Waals surface area contributed by atoms with E-state index in [4.69, 9.17) is 10.2 Å². The van der Waals surface area contributed by atoms with E-state index in [1.54, 1.807) is 6.26 Å². The fourth-order valence-corrected chi connectivity index (χ4v) is 1.60. The molecule has 0 atom stereocenters. The Balaban J connectivity index is 2.47. The van der Waals surface area contributed by atoms with Gasteiger partial charge in [0.15, 0.2) is 0 Å². The third-order valence-electron chi connectivity index (χ3n) is 2.39. The largest absolute Gasteiger partial charge is 0.469 e. The standard InChI is InChI=1S/C11H15N3O/c1-7(2)14-11(12)6-10(13-14)9-4-5-15-8(9)3/h4-7H,12H2,1-3H3. The van der Waals surface area contributed by atoms with Crippen molar-refractivity contribution in [3.8, 4) is 11.3 Å². The lowest BCUT2D eigenvalue weighted by atomic mass is 10.2. The summed E-state index contributed by atoms with van der Waals surface area (Å²) in [5, 5.41) is 4.44. The molecular weight excluding hydrogens is 190 g/mol. The maximum atomic E-state index is 5.87. The van der Waals surface area contributed by atoms with Gasteiger partial charge in [-0.1, -0.05) is 0 Å². The Bertz CT molecular complexity index is 468. The van der Waals surface area contributed by atoms with Gasteiger partial charge in [-0.3, -0.25) is 0 Å². The van der Waals surface area contributed by atoms with E-state index < -0.39 is 0 Å². The number of hydrogen-bond donors (Lipinski definition) is 1. The zero-order chi connectivity index (χ0) is 11.0. The van der Waals surface area contributed by atoms with Crippen LogP contribution in [-0.2, 0) is 0 Å². The maximum Gasteiger partial charge on any atom is 0.122 e. The zero-order valence-electron chi connectivity index (χ0n) is 9.19. The smallest absolute Gasteiger partial charge is 0.122 e. The number of aryl methyl sites for hydroxylation is 1. The monoisotopic (exact) mass is 205 g/mol. The third kappa shape index (κ3) is 1.63. The summed E-state index contributed by atoms with van der Waals surface area (Å²) in [6.45, 7) is 6.02. The molecule has 0 saturated carbocycles. The van der Waals surface area contributed by atoms with Crippen LogP contribution in [0.25, 0.3) is 11.3 Å². The molecular formula is C11H15N3O. The van der Waals surface area contributed by atoms with Gasteiger partial charge >= 0.3 is 0 Å². The average molecular weight is 205 g/mol. The molecule has 2 rings (SSSR count). The van der Waals surface area contributed by atoms with Gasteiger partial charge in [0.05, 0.1) is 12.0 Å². The summed E-state index contributed by atoms with van der Waals surface area (Å²) in [7, 11) is 0. The van der Waals surface area contributed by atoms with Crippen LogP contribution < -0.4 is 5.73 Å². The van der Waals surface area contributed by atoms with Crippen LogP contribution >= 0.6 is 0 Å². The zero-order valence-corrected chi connectivity index (χ0v) is 9.19. The molecule has 0 unspecified atom stereocenters. The first kappa shape index (κ1) is 9.83. The summed E-state index contributed by atoms with van der Waals surface area (Å²) in [5.74, 6) is 1.55. The van der Waals surface area contributed by atoms with Crippen molar-refractivity contribution >= 4 is 5.82 Å². The van der Waals surface area contributed by atoms with Crippen molar-refractivity contribution in [2.45, 2.75) is 26.8 Å². The highest BCUT2D eigenvalue weighted by molar-refractivity contribution is 5.63. The highest BCUT2D eigenvalue weighted by atomic mass is 16.3. The molecule has 0 amide bonds. The summed E-state index contributed by atoms with van der Waals surface area (Å²) < 4.78 is 7.05. The molecule has 0 aromatic carbocycles. The Morgan fingerprint density at radius 1 is 1.47 bits per heavy atom. The minimum Gasteiger partial charge on any atom is -0.469 e. The van der Waals surface area contributed by atoms with Gasteiger partial charge < -0.3 is 10.2 Å². The highest BCUT2D eigenvalue weighted by Gasteiger charge is 2.12. The van der Waals surface area contributed by atoms with Gasteiger partial charge in [-0.25, -0.2) is 4.68 Å². The van der Waals surface area contributed by atoms with Crippen molar-refractivity contribution in [2.24, 2.45) is 0 Å². The third-order valence-corrected chi connectivity index (χ3v) is 2.39. The Morgan fingerprint density at radius 2 is 2.20 bits per heavy atom. The van der Waals surface area contributed by atoms with E-state index in [-0.39, 0.29) is 6.04 Å². The SMILES string of the molecule is Cc1occc1-c1cc(N)n(C(C)C)n1. The van der Waals surface area contributed by atoms with Gasteiger partial charge in [0.2, 0.25) is 0 Å². The number of nitrogens with two attached hydrogens (primary N) is 1. The normalized spacial score (nSPS) is 11.2. The topological polar surface area (TPSA) is 57.0 Å². The Morgan fingerprint density at radius 3 is 2.67 bits per heavy atom. The Labute approximate surface area is 88.7 Å². The predicted octanol–water partition coefficient (Wildman–Crippen LogP) is 2.61. The summed E-state index contributed by atoms with van der Waals surface area (Å²) in [4.78, 5) is 0. The van der Waals surface area contributed by atoms with E-state index >= 15 is 0 Å². The second kappa shape index (κ2) is 3.46. The number of nitrogen functional groups attached to an aromatic ring is 1. The van der Waals surface area contributed by atoms with E-state index in [2.05, 4.69) is 18.9 Å². The number of anilines is 1. The second-order valence-corrected chi connectivity index (χ2v) is 3.88. The lowest BCUT2D eigenvalue weighted by molar-refractivity contribution is 0.532. The lowest BCUT2D eigenvalue weighted by Crippen LogP contribution is -2.06. The molecule has 0 radical (unpaired) electrons. The van der Waals surface area contributed by atoms with E-state index in [0.29, 0.717) is 5.82 Å². The summed E-state index contributed by atoms with van der Waals surface area (Å²) >= 11 is 0. The van der Waals surface area contributed by atoms with Crippen molar-refractivity contribution in [2.75, 3.05) is 5.73 Å². The average Bonchev–Trinajstić information content (AvgIpc) is 2.71. The van der Waals surface area contributed by atoms with Crippen molar-refractivity contribution in [1.82, 2.24) is 9.78 Å². The fourth-order valence-electron chi connectivity index (χ4n) is 1.60. The Hall–Kier alpha value is -1.71. The molecule has 2 aromatic rings. The predicted molar refractivity (Wildman–Crippen MR) is 59.5 cm³/mol. The quantitative estimate of drug-likeness (QED) is 0.819. The summed E-state index contributed by atoms with van der Waals surface area (Å²) in [5.41, 5.74) is 7.74. The second-order valence-electron chi connectivity index (χ2n) is 3.88. The van der Waals surface area contributed by atoms with Gasteiger partial charge in [0, 0.05) is 17.7 Å². The summed E-state index contributed by atoms with van der Waals surface area (Å²) in [6.07, 6.45) is 1.66. The molecule has 2 N–H and O–H groups in total. The summed E-state index contributed by atoms with van der Waals surface area (Å²) in [6, 6.07) is 4.05. The number of furan rings is 1. The van der Waals surface area contributed by atoms with Crippen LogP contribution in [0.2, 0.25) is 0 Å². The van der Waals surface area contributed by atoms with Crippen molar-refractivity contribution in [3.63, 3.8) is 0 Å². The fraction of sp³-hybridized carbons (Fsp3) is 0.364. The van der Waals surface area contributed by atoms with E-state index in [1.807, 2.05) is 23.7 Å². The van der Waals surface area contributed by atoms with E-state index in [0.717, 1.165) is 17.0 Å². The number of nitrogens with zero attached hydrogens (tertiary/aromatic N) is 2.